The Morgan fingerprint density at radius 3 is 2.36 bits per heavy atom. The molecular formula is C9H16O2. The van der Waals surface area contributed by atoms with E-state index in [1.54, 1.807) is 7.11 Å². The second-order valence-electron chi connectivity index (χ2n) is 2.68. The SMILES string of the molecule is C/C=C(\C)C(OC)C(C)C=O. The molecule has 0 saturated heterocycles. The van der Waals surface area contributed by atoms with Crippen LogP contribution in [0.2, 0.25) is 0 Å². The van der Waals surface area contributed by atoms with Gasteiger partial charge in [-0.25, -0.2) is 0 Å². The fourth-order valence-electron chi connectivity index (χ4n) is 1.05. The third-order valence-electron chi connectivity index (χ3n) is 1.85. The summed E-state index contributed by atoms with van der Waals surface area (Å²) in [6, 6.07) is 0. The minimum absolute atomic E-state index is 0.0579. The lowest BCUT2D eigenvalue weighted by Crippen LogP contribution is -2.22. The molecule has 64 valence electrons. The van der Waals surface area contributed by atoms with Crippen molar-refractivity contribution >= 4 is 6.29 Å². The molecule has 2 heteroatoms. The smallest absolute Gasteiger partial charge is 0.125 e. The lowest BCUT2D eigenvalue weighted by atomic mass is 10.00. The van der Waals surface area contributed by atoms with E-state index in [4.69, 9.17) is 4.74 Å². The molecule has 2 unspecified atom stereocenters. The van der Waals surface area contributed by atoms with Gasteiger partial charge in [0, 0.05) is 13.0 Å². The zero-order valence-electron chi connectivity index (χ0n) is 7.63. The van der Waals surface area contributed by atoms with Crippen molar-refractivity contribution in [3.8, 4) is 0 Å². The molecule has 0 aromatic heterocycles. The van der Waals surface area contributed by atoms with Crippen LogP contribution >= 0.6 is 0 Å². The van der Waals surface area contributed by atoms with Crippen LogP contribution in [0.5, 0.6) is 0 Å². The predicted molar refractivity (Wildman–Crippen MR) is 45.5 cm³/mol. The van der Waals surface area contributed by atoms with E-state index in [-0.39, 0.29) is 12.0 Å². The molecule has 2 nitrogen and oxygen atoms in total. The van der Waals surface area contributed by atoms with Crippen molar-refractivity contribution in [2.24, 2.45) is 5.92 Å². The first kappa shape index (κ1) is 10.4. The van der Waals surface area contributed by atoms with Gasteiger partial charge in [0.2, 0.25) is 0 Å². The first-order chi connectivity index (χ1) is 5.17. The van der Waals surface area contributed by atoms with Crippen LogP contribution in [0.25, 0.3) is 0 Å². The Morgan fingerprint density at radius 2 is 2.09 bits per heavy atom. The van der Waals surface area contributed by atoms with E-state index in [1.807, 2.05) is 26.8 Å². The highest BCUT2D eigenvalue weighted by molar-refractivity contribution is 5.55. The molecule has 0 aromatic rings. The van der Waals surface area contributed by atoms with Gasteiger partial charge in [0.15, 0.2) is 0 Å². The van der Waals surface area contributed by atoms with Crippen LogP contribution in [0.4, 0.5) is 0 Å². The molecule has 0 rings (SSSR count). The molecule has 0 aliphatic carbocycles. The van der Waals surface area contributed by atoms with E-state index in [1.165, 1.54) is 0 Å². The minimum atomic E-state index is -0.0591. The van der Waals surface area contributed by atoms with Gasteiger partial charge in [-0.3, -0.25) is 0 Å². The van der Waals surface area contributed by atoms with Crippen molar-refractivity contribution in [1.29, 1.82) is 0 Å². The van der Waals surface area contributed by atoms with Gasteiger partial charge in [-0.2, -0.15) is 0 Å². The second kappa shape index (κ2) is 5.08. The zero-order chi connectivity index (χ0) is 8.85. The molecule has 11 heavy (non-hydrogen) atoms. The summed E-state index contributed by atoms with van der Waals surface area (Å²) in [4.78, 5) is 10.4. The summed E-state index contributed by atoms with van der Waals surface area (Å²) >= 11 is 0. The maximum Gasteiger partial charge on any atom is 0.125 e. The van der Waals surface area contributed by atoms with Gasteiger partial charge in [-0.15, -0.1) is 0 Å². The number of ether oxygens (including phenoxy) is 1. The highest BCUT2D eigenvalue weighted by atomic mass is 16.5. The predicted octanol–water partition coefficient (Wildman–Crippen LogP) is 1.80. The van der Waals surface area contributed by atoms with E-state index in [9.17, 15) is 4.79 Å². The Morgan fingerprint density at radius 1 is 1.55 bits per heavy atom. The molecular weight excluding hydrogens is 140 g/mol. The maximum absolute atomic E-state index is 10.4. The van der Waals surface area contributed by atoms with Crippen LogP contribution in [0, 0.1) is 5.92 Å². The minimum Gasteiger partial charge on any atom is -0.376 e. The molecule has 2 atom stereocenters. The summed E-state index contributed by atoms with van der Waals surface area (Å²) in [5, 5.41) is 0. The molecule has 0 saturated carbocycles. The highest BCUT2D eigenvalue weighted by Crippen LogP contribution is 2.13. The maximum atomic E-state index is 10.4. The molecule has 0 aliphatic rings. The van der Waals surface area contributed by atoms with Crippen molar-refractivity contribution < 1.29 is 9.53 Å². The van der Waals surface area contributed by atoms with E-state index < -0.39 is 0 Å². The standard InChI is InChI=1S/C9H16O2/c1-5-7(2)9(11-4)8(3)6-10/h5-6,8-9H,1-4H3/b7-5+. The summed E-state index contributed by atoms with van der Waals surface area (Å²) in [5.41, 5.74) is 1.10. The first-order valence-corrected chi connectivity index (χ1v) is 3.78. The quantitative estimate of drug-likeness (QED) is 0.458. The molecule has 0 radical (unpaired) electrons. The van der Waals surface area contributed by atoms with Crippen LogP contribution in [-0.4, -0.2) is 19.5 Å². The Balaban J connectivity index is 4.27. The summed E-state index contributed by atoms with van der Waals surface area (Å²) in [6.07, 6.45) is 2.83. The molecule has 0 spiro atoms. The van der Waals surface area contributed by atoms with Gasteiger partial charge in [0.25, 0.3) is 0 Å². The lowest BCUT2D eigenvalue weighted by Gasteiger charge is -2.18. The number of aldehydes is 1. The van der Waals surface area contributed by atoms with E-state index >= 15 is 0 Å². The van der Waals surface area contributed by atoms with Gasteiger partial charge < -0.3 is 9.53 Å². The van der Waals surface area contributed by atoms with E-state index in [0.717, 1.165) is 11.9 Å². The number of methoxy groups -OCH3 is 1. The fraction of sp³-hybridized carbons (Fsp3) is 0.667. The first-order valence-electron chi connectivity index (χ1n) is 3.78. The molecule has 0 aliphatic heterocycles. The molecule has 0 N–H and O–H groups in total. The third-order valence-corrected chi connectivity index (χ3v) is 1.85. The average molecular weight is 156 g/mol. The van der Waals surface area contributed by atoms with Crippen LogP contribution in [0.15, 0.2) is 11.6 Å². The summed E-state index contributed by atoms with van der Waals surface area (Å²) in [5.74, 6) is -0.0591. The zero-order valence-corrected chi connectivity index (χ0v) is 7.63. The largest absolute Gasteiger partial charge is 0.376 e. The molecule has 0 amide bonds. The Hall–Kier alpha value is -0.630. The number of carbonyl (C=O) groups is 1. The second-order valence-corrected chi connectivity index (χ2v) is 2.68. The van der Waals surface area contributed by atoms with Crippen molar-refractivity contribution in [1.82, 2.24) is 0 Å². The van der Waals surface area contributed by atoms with Crippen LogP contribution in [0.1, 0.15) is 20.8 Å². The number of allylic oxidation sites excluding steroid dienone is 1. The number of hydrogen-bond acceptors (Lipinski definition) is 2. The van der Waals surface area contributed by atoms with Gasteiger partial charge >= 0.3 is 0 Å². The van der Waals surface area contributed by atoms with Crippen molar-refractivity contribution in [3.05, 3.63) is 11.6 Å². The van der Waals surface area contributed by atoms with Crippen LogP contribution in [0.3, 0.4) is 0 Å². The number of hydrogen-bond donors (Lipinski definition) is 0. The summed E-state index contributed by atoms with van der Waals surface area (Å²) in [7, 11) is 1.62. The third kappa shape index (κ3) is 2.85. The molecule has 0 aromatic carbocycles. The van der Waals surface area contributed by atoms with Gasteiger partial charge in [0.1, 0.15) is 6.29 Å². The highest BCUT2D eigenvalue weighted by Gasteiger charge is 2.16. The van der Waals surface area contributed by atoms with E-state index in [2.05, 4.69) is 0 Å². The van der Waals surface area contributed by atoms with Crippen molar-refractivity contribution in [2.45, 2.75) is 26.9 Å². The topological polar surface area (TPSA) is 26.3 Å². The molecule has 0 heterocycles. The summed E-state index contributed by atoms with van der Waals surface area (Å²) < 4.78 is 5.16. The number of carbonyl (C=O) groups excluding carboxylic acids is 1. The fourth-order valence-corrected chi connectivity index (χ4v) is 1.05. The Labute approximate surface area is 68.2 Å². The number of rotatable bonds is 4. The normalized spacial score (nSPS) is 17.6. The van der Waals surface area contributed by atoms with Crippen LogP contribution in [-0.2, 0) is 9.53 Å². The van der Waals surface area contributed by atoms with Crippen molar-refractivity contribution in [3.63, 3.8) is 0 Å². The average Bonchev–Trinajstić information content (AvgIpc) is 2.05. The molecule has 0 bridgehead atoms. The monoisotopic (exact) mass is 156 g/mol. The van der Waals surface area contributed by atoms with Gasteiger partial charge in [-0.1, -0.05) is 13.0 Å². The van der Waals surface area contributed by atoms with Gasteiger partial charge in [-0.05, 0) is 19.4 Å². The van der Waals surface area contributed by atoms with Crippen LogP contribution < -0.4 is 0 Å². The lowest BCUT2D eigenvalue weighted by molar-refractivity contribution is -0.113. The Kier molecular flexibility index (Phi) is 4.79. The van der Waals surface area contributed by atoms with E-state index in [0.29, 0.717) is 0 Å². The van der Waals surface area contributed by atoms with Gasteiger partial charge in [0.05, 0.1) is 6.10 Å². The molecule has 0 fully saturated rings. The Bertz CT molecular complexity index is 150. The summed E-state index contributed by atoms with van der Waals surface area (Å²) in [6.45, 7) is 5.77. The van der Waals surface area contributed by atoms with Crippen molar-refractivity contribution in [2.75, 3.05) is 7.11 Å².